The van der Waals surface area contributed by atoms with E-state index < -0.39 is 0 Å². The lowest BCUT2D eigenvalue weighted by molar-refractivity contribution is -0.120. The Kier molecular flexibility index (Phi) is 4.79. The average Bonchev–Trinajstić information content (AvgIpc) is 3.21. The van der Waals surface area contributed by atoms with Crippen molar-refractivity contribution in [3.05, 3.63) is 24.2 Å². The van der Waals surface area contributed by atoms with Gasteiger partial charge in [-0.1, -0.05) is 6.42 Å². The van der Waals surface area contributed by atoms with E-state index in [9.17, 15) is 4.79 Å². The van der Waals surface area contributed by atoms with E-state index in [-0.39, 0.29) is 5.91 Å². The second-order valence-corrected chi connectivity index (χ2v) is 6.38. The number of rotatable bonds is 5. The van der Waals surface area contributed by atoms with Crippen molar-refractivity contribution in [3.63, 3.8) is 0 Å². The van der Waals surface area contributed by atoms with Crippen molar-refractivity contribution in [2.75, 3.05) is 25.0 Å². The minimum Gasteiger partial charge on any atom is -0.290 e. The molecule has 1 fully saturated rings. The molecule has 0 radical (unpaired) electrons. The highest BCUT2D eigenvalue weighted by Crippen LogP contribution is 2.20. The predicted molar refractivity (Wildman–Crippen MR) is 84.8 cm³/mol. The topological polar surface area (TPSA) is 67.2 Å². The number of nitrogens with zero attached hydrogens (tertiary/aromatic N) is 6. The van der Waals surface area contributed by atoms with Gasteiger partial charge in [0, 0.05) is 24.7 Å². The quantitative estimate of drug-likeness (QED) is 0.829. The molecule has 0 N–H and O–H groups in total. The van der Waals surface area contributed by atoms with E-state index in [1.165, 1.54) is 17.8 Å². The first-order chi connectivity index (χ1) is 10.7. The van der Waals surface area contributed by atoms with E-state index in [2.05, 4.69) is 20.0 Å². The van der Waals surface area contributed by atoms with Gasteiger partial charge in [-0.15, -0.1) is 11.3 Å². The highest BCUT2D eigenvalue weighted by Gasteiger charge is 2.26. The number of piperidine rings is 1. The van der Waals surface area contributed by atoms with Crippen molar-refractivity contribution in [2.45, 2.75) is 31.8 Å². The van der Waals surface area contributed by atoms with Crippen molar-refractivity contribution in [3.8, 4) is 0 Å². The molecule has 0 aromatic carbocycles. The number of thiazole rings is 1. The Morgan fingerprint density at radius 3 is 3.14 bits per heavy atom. The molecule has 3 rings (SSSR count). The number of likely N-dealkylation sites (tertiary alicyclic amines) is 1. The number of anilines is 1. The number of carbonyl (C=O) groups excluding carboxylic acids is 1. The molecule has 118 valence electrons. The van der Waals surface area contributed by atoms with Crippen LogP contribution in [0, 0.1) is 0 Å². The van der Waals surface area contributed by atoms with Crippen molar-refractivity contribution >= 4 is 22.4 Å². The fourth-order valence-electron chi connectivity index (χ4n) is 2.79. The zero-order chi connectivity index (χ0) is 15.4. The van der Waals surface area contributed by atoms with Crippen LogP contribution in [0.2, 0.25) is 0 Å². The summed E-state index contributed by atoms with van der Waals surface area (Å²) < 4.78 is 1.85. The van der Waals surface area contributed by atoms with Gasteiger partial charge in [-0.05, 0) is 19.4 Å². The molecule has 0 aliphatic carbocycles. The number of hydrogen-bond donors (Lipinski definition) is 0. The first kappa shape index (κ1) is 15.1. The molecular weight excluding hydrogens is 300 g/mol. The van der Waals surface area contributed by atoms with Crippen molar-refractivity contribution < 1.29 is 4.79 Å². The Morgan fingerprint density at radius 1 is 1.50 bits per heavy atom. The molecule has 2 aromatic rings. The lowest BCUT2D eigenvalue weighted by atomic mass is 10.0. The van der Waals surface area contributed by atoms with Crippen molar-refractivity contribution in [2.24, 2.45) is 0 Å². The van der Waals surface area contributed by atoms with Crippen LogP contribution in [0.4, 0.5) is 5.13 Å². The van der Waals surface area contributed by atoms with Crippen molar-refractivity contribution in [1.29, 1.82) is 0 Å². The standard InChI is InChI=1S/C14H20N6OS/c1-18(14-16-5-7-22-14)13(21)9-19-6-3-2-4-12(19)8-20-11-15-10-17-20/h5,7,10-12H,2-4,6,8-9H2,1H3. The maximum Gasteiger partial charge on any atom is 0.242 e. The Labute approximate surface area is 133 Å². The van der Waals surface area contributed by atoms with Crippen molar-refractivity contribution in [1.82, 2.24) is 24.6 Å². The third-order valence-electron chi connectivity index (χ3n) is 4.03. The summed E-state index contributed by atoms with van der Waals surface area (Å²) >= 11 is 1.48. The molecule has 0 saturated carbocycles. The summed E-state index contributed by atoms with van der Waals surface area (Å²) in [5.41, 5.74) is 0. The number of amides is 1. The highest BCUT2D eigenvalue weighted by molar-refractivity contribution is 7.13. The van der Waals surface area contributed by atoms with Crippen LogP contribution in [-0.4, -0.2) is 56.7 Å². The van der Waals surface area contributed by atoms with Gasteiger partial charge in [0.25, 0.3) is 0 Å². The Hall–Kier alpha value is -1.80. The van der Waals surface area contributed by atoms with Gasteiger partial charge in [0.15, 0.2) is 5.13 Å². The van der Waals surface area contributed by atoms with Crippen LogP contribution in [0.3, 0.4) is 0 Å². The summed E-state index contributed by atoms with van der Waals surface area (Å²) in [6.07, 6.45) is 8.44. The summed E-state index contributed by atoms with van der Waals surface area (Å²) in [5, 5.41) is 6.80. The molecule has 2 aromatic heterocycles. The number of likely N-dealkylation sites (N-methyl/N-ethyl adjacent to an activating group) is 1. The molecule has 1 atom stereocenters. The number of aromatic nitrogens is 4. The fourth-order valence-corrected chi connectivity index (χ4v) is 3.41. The van der Waals surface area contributed by atoms with Gasteiger partial charge in [-0.25, -0.2) is 9.97 Å². The average molecular weight is 320 g/mol. The lowest BCUT2D eigenvalue weighted by Crippen LogP contribution is -2.47. The van der Waals surface area contributed by atoms with Crippen LogP contribution in [0.1, 0.15) is 19.3 Å². The van der Waals surface area contributed by atoms with Crippen LogP contribution in [0.5, 0.6) is 0 Å². The summed E-state index contributed by atoms with van der Waals surface area (Å²) in [5.74, 6) is 0.0837. The van der Waals surface area contributed by atoms with Gasteiger partial charge in [0.05, 0.1) is 13.1 Å². The first-order valence-corrected chi connectivity index (χ1v) is 8.34. The molecule has 3 heterocycles. The summed E-state index contributed by atoms with van der Waals surface area (Å²) in [7, 11) is 1.79. The largest absolute Gasteiger partial charge is 0.290 e. The second kappa shape index (κ2) is 6.97. The molecule has 7 nitrogen and oxygen atoms in total. The zero-order valence-corrected chi connectivity index (χ0v) is 13.4. The number of hydrogen-bond acceptors (Lipinski definition) is 6. The van der Waals surface area contributed by atoms with Gasteiger partial charge in [-0.2, -0.15) is 5.10 Å². The number of carbonyl (C=O) groups is 1. The first-order valence-electron chi connectivity index (χ1n) is 7.46. The molecule has 1 amide bonds. The normalized spacial score (nSPS) is 19.2. The summed E-state index contributed by atoms with van der Waals surface area (Å²) in [6, 6.07) is 0.337. The SMILES string of the molecule is CN(C(=O)CN1CCCCC1Cn1cncn1)c1nccs1. The van der Waals surface area contributed by atoms with E-state index in [0.717, 1.165) is 31.1 Å². The Balaban J connectivity index is 1.62. The molecule has 22 heavy (non-hydrogen) atoms. The molecule has 1 aliphatic heterocycles. The minimum absolute atomic E-state index is 0.0837. The third-order valence-corrected chi connectivity index (χ3v) is 4.88. The van der Waals surface area contributed by atoms with E-state index in [4.69, 9.17) is 0 Å². The van der Waals surface area contributed by atoms with E-state index >= 15 is 0 Å². The maximum absolute atomic E-state index is 12.5. The van der Waals surface area contributed by atoms with Crippen LogP contribution in [-0.2, 0) is 11.3 Å². The lowest BCUT2D eigenvalue weighted by Gasteiger charge is -2.35. The monoisotopic (exact) mass is 320 g/mol. The van der Waals surface area contributed by atoms with E-state index in [1.807, 2.05) is 10.1 Å². The predicted octanol–water partition coefficient (Wildman–Crippen LogP) is 1.25. The third kappa shape index (κ3) is 3.50. The van der Waals surface area contributed by atoms with Crippen LogP contribution >= 0.6 is 11.3 Å². The molecule has 1 unspecified atom stereocenters. The van der Waals surface area contributed by atoms with E-state index in [1.54, 1.807) is 30.8 Å². The summed E-state index contributed by atoms with van der Waals surface area (Å²) in [4.78, 5) is 24.6. The molecule has 1 saturated heterocycles. The smallest absolute Gasteiger partial charge is 0.242 e. The second-order valence-electron chi connectivity index (χ2n) is 5.51. The van der Waals surface area contributed by atoms with Crippen LogP contribution in [0.15, 0.2) is 24.2 Å². The molecule has 0 spiro atoms. The molecule has 8 heteroatoms. The Bertz CT molecular complexity index is 585. The van der Waals surface area contributed by atoms with Gasteiger partial charge < -0.3 is 0 Å². The zero-order valence-electron chi connectivity index (χ0n) is 12.6. The van der Waals surface area contributed by atoms with Gasteiger partial charge in [0.1, 0.15) is 12.7 Å². The maximum atomic E-state index is 12.5. The van der Waals surface area contributed by atoms with Gasteiger partial charge >= 0.3 is 0 Å². The Morgan fingerprint density at radius 2 is 2.41 bits per heavy atom. The van der Waals surface area contributed by atoms with Gasteiger partial charge in [-0.3, -0.25) is 19.3 Å². The molecular formula is C14H20N6OS. The summed E-state index contributed by atoms with van der Waals surface area (Å²) in [6.45, 7) is 2.17. The minimum atomic E-state index is 0.0837. The fraction of sp³-hybridized carbons (Fsp3) is 0.571. The van der Waals surface area contributed by atoms with E-state index in [0.29, 0.717) is 12.6 Å². The van der Waals surface area contributed by atoms with Crippen LogP contribution in [0.25, 0.3) is 0 Å². The molecule has 1 aliphatic rings. The van der Waals surface area contributed by atoms with Gasteiger partial charge in [0.2, 0.25) is 5.91 Å². The van der Waals surface area contributed by atoms with Crippen LogP contribution < -0.4 is 4.90 Å². The molecule has 0 bridgehead atoms. The highest BCUT2D eigenvalue weighted by atomic mass is 32.1.